The molecule has 5 heteroatoms. The van der Waals surface area contributed by atoms with Crippen molar-refractivity contribution in [3.8, 4) is 0 Å². The number of rotatable bonds is 2. The number of β-lactam (4-membered cyclic amide) rings is 1. The SMILES string of the molecule is CC(C)(C)OC(=O)NC[C@@H]1C(=O)NC1(C)C. The summed E-state index contributed by atoms with van der Waals surface area (Å²) in [7, 11) is 0. The molecule has 0 bridgehead atoms. The highest BCUT2D eigenvalue weighted by atomic mass is 16.6. The molecular formula is C11H20N2O3. The van der Waals surface area contributed by atoms with Crippen LogP contribution in [0, 0.1) is 5.92 Å². The largest absolute Gasteiger partial charge is 0.444 e. The van der Waals surface area contributed by atoms with Crippen LogP contribution < -0.4 is 10.6 Å². The van der Waals surface area contributed by atoms with E-state index >= 15 is 0 Å². The average molecular weight is 228 g/mol. The van der Waals surface area contributed by atoms with Crippen LogP contribution >= 0.6 is 0 Å². The summed E-state index contributed by atoms with van der Waals surface area (Å²) in [5.41, 5.74) is -0.756. The number of hydrogen-bond donors (Lipinski definition) is 2. The molecule has 0 radical (unpaired) electrons. The van der Waals surface area contributed by atoms with E-state index in [0.717, 1.165) is 0 Å². The van der Waals surface area contributed by atoms with Gasteiger partial charge in [0.15, 0.2) is 0 Å². The summed E-state index contributed by atoms with van der Waals surface area (Å²) < 4.78 is 5.08. The summed E-state index contributed by atoms with van der Waals surface area (Å²) in [6.45, 7) is 9.56. The normalized spacial score (nSPS) is 23.1. The molecule has 1 saturated heterocycles. The summed E-state index contributed by atoms with van der Waals surface area (Å²) >= 11 is 0. The minimum absolute atomic E-state index is 0.0268. The topological polar surface area (TPSA) is 67.4 Å². The van der Waals surface area contributed by atoms with Crippen molar-refractivity contribution in [2.24, 2.45) is 5.92 Å². The van der Waals surface area contributed by atoms with Crippen LogP contribution in [0.15, 0.2) is 0 Å². The Kier molecular flexibility index (Phi) is 3.17. The summed E-state index contributed by atoms with van der Waals surface area (Å²) in [5, 5.41) is 5.38. The van der Waals surface area contributed by atoms with E-state index in [9.17, 15) is 9.59 Å². The van der Waals surface area contributed by atoms with E-state index in [4.69, 9.17) is 4.74 Å². The molecule has 1 atom stereocenters. The lowest BCUT2D eigenvalue weighted by Gasteiger charge is -2.44. The molecule has 1 heterocycles. The van der Waals surface area contributed by atoms with Gasteiger partial charge in [-0.25, -0.2) is 4.79 Å². The van der Waals surface area contributed by atoms with Crippen LogP contribution in [-0.4, -0.2) is 29.7 Å². The third kappa shape index (κ3) is 3.12. The first-order chi connectivity index (χ1) is 7.12. The molecule has 1 fully saturated rings. The summed E-state index contributed by atoms with van der Waals surface area (Å²) in [6, 6.07) is 0. The molecule has 0 saturated carbocycles. The third-order valence-electron chi connectivity index (χ3n) is 2.48. The Morgan fingerprint density at radius 1 is 1.50 bits per heavy atom. The average Bonchev–Trinajstić information content (AvgIpc) is 1.98. The summed E-state index contributed by atoms with van der Waals surface area (Å²) in [5.74, 6) is -0.207. The van der Waals surface area contributed by atoms with Crippen LogP contribution in [0.5, 0.6) is 0 Å². The van der Waals surface area contributed by atoms with Gasteiger partial charge in [-0.1, -0.05) is 0 Å². The standard InChI is InChI=1S/C11H20N2O3/c1-10(2,3)16-9(15)12-6-7-8(14)13-11(7,4)5/h7H,6H2,1-5H3,(H,12,15)(H,13,14)/t7-/m1/s1. The number of alkyl carbamates (subject to hydrolysis) is 1. The first-order valence-corrected chi connectivity index (χ1v) is 5.41. The molecule has 1 aliphatic heterocycles. The molecule has 16 heavy (non-hydrogen) atoms. The monoisotopic (exact) mass is 228 g/mol. The fraction of sp³-hybridized carbons (Fsp3) is 0.818. The van der Waals surface area contributed by atoms with E-state index in [1.807, 2.05) is 13.8 Å². The lowest BCUT2D eigenvalue weighted by molar-refractivity contribution is -0.139. The van der Waals surface area contributed by atoms with Crippen LogP contribution in [0.2, 0.25) is 0 Å². The van der Waals surface area contributed by atoms with Gasteiger partial charge in [0, 0.05) is 12.1 Å². The van der Waals surface area contributed by atoms with Crippen molar-refractivity contribution in [2.45, 2.75) is 45.8 Å². The van der Waals surface area contributed by atoms with Gasteiger partial charge in [0.1, 0.15) is 5.60 Å². The first kappa shape index (κ1) is 12.8. The highest BCUT2D eigenvalue weighted by Gasteiger charge is 2.46. The maximum Gasteiger partial charge on any atom is 0.407 e. The Hall–Kier alpha value is -1.26. The maximum absolute atomic E-state index is 11.4. The zero-order valence-electron chi connectivity index (χ0n) is 10.5. The van der Waals surface area contributed by atoms with E-state index in [-0.39, 0.29) is 17.4 Å². The highest BCUT2D eigenvalue weighted by molar-refractivity contribution is 5.88. The molecule has 5 nitrogen and oxygen atoms in total. The van der Waals surface area contributed by atoms with Crippen molar-refractivity contribution in [1.29, 1.82) is 0 Å². The van der Waals surface area contributed by atoms with E-state index in [1.54, 1.807) is 20.8 Å². The zero-order chi connectivity index (χ0) is 12.6. The number of hydrogen-bond acceptors (Lipinski definition) is 3. The van der Waals surface area contributed by atoms with E-state index < -0.39 is 11.7 Å². The van der Waals surface area contributed by atoms with Crippen molar-refractivity contribution in [1.82, 2.24) is 10.6 Å². The fourth-order valence-electron chi connectivity index (χ4n) is 1.59. The van der Waals surface area contributed by atoms with Crippen molar-refractivity contribution in [2.75, 3.05) is 6.54 Å². The molecule has 2 N–H and O–H groups in total. The summed E-state index contributed by atoms with van der Waals surface area (Å²) in [6.07, 6.45) is -0.483. The molecule has 0 unspecified atom stereocenters. The van der Waals surface area contributed by atoms with Gasteiger partial charge in [0.25, 0.3) is 0 Å². The van der Waals surface area contributed by atoms with Crippen LogP contribution in [0.4, 0.5) is 4.79 Å². The molecule has 0 aliphatic carbocycles. The number of nitrogens with one attached hydrogen (secondary N) is 2. The number of ether oxygens (including phenoxy) is 1. The Morgan fingerprint density at radius 2 is 2.06 bits per heavy atom. The lowest BCUT2D eigenvalue weighted by atomic mass is 9.79. The second-order valence-corrected chi connectivity index (χ2v) is 5.65. The second-order valence-electron chi connectivity index (χ2n) is 5.65. The number of carbonyl (C=O) groups excluding carboxylic acids is 2. The minimum atomic E-state index is -0.512. The fourth-order valence-corrected chi connectivity index (χ4v) is 1.59. The predicted molar refractivity (Wildman–Crippen MR) is 59.9 cm³/mol. The molecule has 92 valence electrons. The van der Waals surface area contributed by atoms with E-state index in [0.29, 0.717) is 6.54 Å². The minimum Gasteiger partial charge on any atom is -0.444 e. The molecule has 1 aliphatic rings. The Bertz CT molecular complexity index is 305. The van der Waals surface area contributed by atoms with Gasteiger partial charge in [-0.15, -0.1) is 0 Å². The van der Waals surface area contributed by atoms with Gasteiger partial charge < -0.3 is 15.4 Å². The quantitative estimate of drug-likeness (QED) is 0.694. The van der Waals surface area contributed by atoms with Crippen LogP contribution in [-0.2, 0) is 9.53 Å². The highest BCUT2D eigenvalue weighted by Crippen LogP contribution is 2.25. The summed E-state index contributed by atoms with van der Waals surface area (Å²) in [4.78, 5) is 22.6. The lowest BCUT2D eigenvalue weighted by Crippen LogP contribution is -2.68. The molecule has 0 aromatic carbocycles. The Labute approximate surface area is 95.9 Å². The van der Waals surface area contributed by atoms with Gasteiger partial charge in [-0.05, 0) is 34.6 Å². The predicted octanol–water partition coefficient (Wildman–Crippen LogP) is 1.04. The van der Waals surface area contributed by atoms with Crippen molar-refractivity contribution in [3.05, 3.63) is 0 Å². The van der Waals surface area contributed by atoms with Gasteiger partial charge in [0.2, 0.25) is 5.91 Å². The Morgan fingerprint density at radius 3 is 2.44 bits per heavy atom. The van der Waals surface area contributed by atoms with Crippen LogP contribution in [0.25, 0.3) is 0 Å². The molecule has 0 spiro atoms. The molecule has 0 aromatic rings. The number of amides is 2. The van der Waals surface area contributed by atoms with Crippen molar-refractivity contribution in [3.63, 3.8) is 0 Å². The van der Waals surface area contributed by atoms with Gasteiger partial charge in [-0.3, -0.25) is 4.79 Å². The number of carbonyl (C=O) groups is 2. The third-order valence-corrected chi connectivity index (χ3v) is 2.48. The van der Waals surface area contributed by atoms with Crippen molar-refractivity contribution < 1.29 is 14.3 Å². The van der Waals surface area contributed by atoms with E-state index in [1.165, 1.54) is 0 Å². The first-order valence-electron chi connectivity index (χ1n) is 5.41. The molecule has 1 rings (SSSR count). The van der Waals surface area contributed by atoms with Crippen LogP contribution in [0.1, 0.15) is 34.6 Å². The van der Waals surface area contributed by atoms with Gasteiger partial charge in [0.05, 0.1) is 5.92 Å². The maximum atomic E-state index is 11.4. The second kappa shape index (κ2) is 3.96. The Balaban J connectivity index is 2.35. The zero-order valence-corrected chi connectivity index (χ0v) is 10.5. The van der Waals surface area contributed by atoms with E-state index in [2.05, 4.69) is 10.6 Å². The van der Waals surface area contributed by atoms with Gasteiger partial charge >= 0.3 is 6.09 Å². The smallest absolute Gasteiger partial charge is 0.407 e. The van der Waals surface area contributed by atoms with Crippen molar-refractivity contribution >= 4 is 12.0 Å². The van der Waals surface area contributed by atoms with Gasteiger partial charge in [-0.2, -0.15) is 0 Å². The van der Waals surface area contributed by atoms with Crippen LogP contribution in [0.3, 0.4) is 0 Å². The molecular weight excluding hydrogens is 208 g/mol. The molecule has 2 amide bonds. The molecule has 0 aromatic heterocycles.